The minimum Gasteiger partial charge on any atom is -0.494 e. The summed E-state index contributed by atoms with van der Waals surface area (Å²) in [6.07, 6.45) is 0.899. The molecule has 78 valence electrons. The highest BCUT2D eigenvalue weighted by Crippen LogP contribution is 2.13. The van der Waals surface area contributed by atoms with Crippen LogP contribution in [0.25, 0.3) is 0 Å². The first-order valence-corrected chi connectivity index (χ1v) is 4.93. The first kappa shape index (κ1) is 11.0. The summed E-state index contributed by atoms with van der Waals surface area (Å²) in [7, 11) is 1.93. The molecule has 0 fully saturated rings. The van der Waals surface area contributed by atoms with Crippen molar-refractivity contribution >= 4 is 0 Å². The Morgan fingerprint density at radius 3 is 3.00 bits per heavy atom. The maximum Gasteiger partial charge on any atom is 0.119 e. The van der Waals surface area contributed by atoms with Gasteiger partial charge >= 0.3 is 0 Å². The van der Waals surface area contributed by atoms with Crippen molar-refractivity contribution in [1.82, 2.24) is 5.32 Å². The molecule has 3 N–H and O–H groups in total. The minimum absolute atomic E-state index is 0.677. The standard InChI is InChI=1S/C11H18N2O/c1-13-9-10-4-2-5-11(8-10)14-7-3-6-12/h2,4-5,8,13H,3,6-7,9,12H2,1H3. The van der Waals surface area contributed by atoms with Crippen LogP contribution in [0.5, 0.6) is 5.75 Å². The zero-order chi connectivity index (χ0) is 10.2. The van der Waals surface area contributed by atoms with Crippen LogP contribution >= 0.6 is 0 Å². The highest BCUT2D eigenvalue weighted by molar-refractivity contribution is 5.28. The van der Waals surface area contributed by atoms with Gasteiger partial charge in [0.1, 0.15) is 5.75 Å². The maximum absolute atomic E-state index is 5.53. The Hall–Kier alpha value is -1.06. The molecule has 1 aromatic carbocycles. The van der Waals surface area contributed by atoms with E-state index in [1.54, 1.807) is 0 Å². The Kier molecular flexibility index (Phi) is 5.04. The zero-order valence-corrected chi connectivity index (χ0v) is 8.62. The summed E-state index contributed by atoms with van der Waals surface area (Å²) in [6, 6.07) is 8.10. The van der Waals surface area contributed by atoms with Gasteiger partial charge in [-0.15, -0.1) is 0 Å². The van der Waals surface area contributed by atoms with Crippen LogP contribution in [-0.2, 0) is 6.54 Å². The number of rotatable bonds is 6. The topological polar surface area (TPSA) is 47.3 Å². The fourth-order valence-electron chi connectivity index (χ4n) is 1.22. The molecule has 0 unspecified atom stereocenters. The third-order valence-electron chi connectivity index (χ3n) is 1.90. The van der Waals surface area contributed by atoms with Crippen molar-refractivity contribution in [3.8, 4) is 5.75 Å². The Morgan fingerprint density at radius 1 is 1.43 bits per heavy atom. The largest absolute Gasteiger partial charge is 0.494 e. The molecule has 3 nitrogen and oxygen atoms in total. The summed E-state index contributed by atoms with van der Waals surface area (Å²) in [5.74, 6) is 0.922. The third kappa shape index (κ3) is 3.77. The first-order chi connectivity index (χ1) is 6.86. The van der Waals surface area contributed by atoms with E-state index in [0.717, 1.165) is 18.7 Å². The Balaban J connectivity index is 2.46. The lowest BCUT2D eigenvalue weighted by molar-refractivity contribution is 0.313. The van der Waals surface area contributed by atoms with Gasteiger partial charge in [-0.1, -0.05) is 12.1 Å². The van der Waals surface area contributed by atoms with Crippen LogP contribution in [0.3, 0.4) is 0 Å². The normalized spacial score (nSPS) is 10.1. The molecule has 1 aromatic rings. The SMILES string of the molecule is CNCc1cccc(OCCCN)c1. The van der Waals surface area contributed by atoms with Gasteiger partial charge in [0.15, 0.2) is 0 Å². The molecule has 0 bridgehead atoms. The van der Waals surface area contributed by atoms with Gasteiger partial charge in [0, 0.05) is 6.54 Å². The van der Waals surface area contributed by atoms with Gasteiger partial charge in [-0.3, -0.25) is 0 Å². The Bertz CT molecular complexity index is 263. The second-order valence-electron chi connectivity index (χ2n) is 3.17. The molecule has 14 heavy (non-hydrogen) atoms. The molecule has 1 rings (SSSR count). The molecule has 0 aliphatic heterocycles. The molecule has 0 amide bonds. The van der Waals surface area contributed by atoms with Crippen molar-refractivity contribution in [3.05, 3.63) is 29.8 Å². The van der Waals surface area contributed by atoms with Crippen LogP contribution in [0.15, 0.2) is 24.3 Å². The third-order valence-corrected chi connectivity index (χ3v) is 1.90. The molecule has 0 aromatic heterocycles. The van der Waals surface area contributed by atoms with Crippen molar-refractivity contribution in [1.29, 1.82) is 0 Å². The van der Waals surface area contributed by atoms with Gasteiger partial charge in [-0.05, 0) is 37.7 Å². The van der Waals surface area contributed by atoms with E-state index in [-0.39, 0.29) is 0 Å². The highest BCUT2D eigenvalue weighted by Gasteiger charge is 1.95. The maximum atomic E-state index is 5.53. The Morgan fingerprint density at radius 2 is 2.29 bits per heavy atom. The quantitative estimate of drug-likeness (QED) is 0.667. The molecule has 0 saturated carbocycles. The Labute approximate surface area is 85.3 Å². The average Bonchev–Trinajstić information content (AvgIpc) is 2.19. The molecular weight excluding hydrogens is 176 g/mol. The van der Waals surface area contributed by atoms with Crippen LogP contribution in [-0.4, -0.2) is 20.2 Å². The van der Waals surface area contributed by atoms with Gasteiger partial charge < -0.3 is 15.8 Å². The lowest BCUT2D eigenvalue weighted by Crippen LogP contribution is -2.07. The van der Waals surface area contributed by atoms with E-state index >= 15 is 0 Å². The molecule has 0 saturated heterocycles. The van der Waals surface area contributed by atoms with Gasteiger partial charge in [-0.2, -0.15) is 0 Å². The number of benzene rings is 1. The van der Waals surface area contributed by atoms with Crippen LogP contribution in [0, 0.1) is 0 Å². The summed E-state index contributed by atoms with van der Waals surface area (Å²) < 4.78 is 5.53. The van der Waals surface area contributed by atoms with Gasteiger partial charge in [0.2, 0.25) is 0 Å². The van der Waals surface area contributed by atoms with Crippen molar-refractivity contribution in [2.45, 2.75) is 13.0 Å². The van der Waals surface area contributed by atoms with Gasteiger partial charge in [-0.25, -0.2) is 0 Å². The van der Waals surface area contributed by atoms with Crippen molar-refractivity contribution < 1.29 is 4.74 Å². The van der Waals surface area contributed by atoms with Crippen molar-refractivity contribution in [2.75, 3.05) is 20.2 Å². The van der Waals surface area contributed by atoms with E-state index in [9.17, 15) is 0 Å². The van der Waals surface area contributed by atoms with Crippen LogP contribution in [0.2, 0.25) is 0 Å². The van der Waals surface area contributed by atoms with E-state index in [2.05, 4.69) is 11.4 Å². The summed E-state index contributed by atoms with van der Waals surface area (Å²) in [5, 5.41) is 3.10. The van der Waals surface area contributed by atoms with Crippen LogP contribution in [0.1, 0.15) is 12.0 Å². The summed E-state index contributed by atoms with van der Waals surface area (Å²) in [4.78, 5) is 0. The second-order valence-corrected chi connectivity index (χ2v) is 3.17. The van der Waals surface area contributed by atoms with E-state index in [4.69, 9.17) is 10.5 Å². The summed E-state index contributed by atoms with van der Waals surface area (Å²) in [6.45, 7) is 2.24. The number of ether oxygens (including phenoxy) is 1. The lowest BCUT2D eigenvalue weighted by Gasteiger charge is -2.06. The fraction of sp³-hybridized carbons (Fsp3) is 0.455. The molecule has 0 spiro atoms. The van der Waals surface area contributed by atoms with E-state index < -0.39 is 0 Å². The number of hydrogen-bond acceptors (Lipinski definition) is 3. The van der Waals surface area contributed by atoms with E-state index in [1.807, 2.05) is 25.2 Å². The van der Waals surface area contributed by atoms with E-state index in [0.29, 0.717) is 13.2 Å². The van der Waals surface area contributed by atoms with Crippen molar-refractivity contribution in [3.63, 3.8) is 0 Å². The fourth-order valence-corrected chi connectivity index (χ4v) is 1.22. The molecule has 0 aliphatic rings. The molecular formula is C11H18N2O. The lowest BCUT2D eigenvalue weighted by atomic mass is 10.2. The van der Waals surface area contributed by atoms with Crippen LogP contribution < -0.4 is 15.8 Å². The predicted octanol–water partition coefficient (Wildman–Crippen LogP) is 1.13. The number of nitrogens with two attached hydrogens (primary N) is 1. The molecule has 0 radical (unpaired) electrons. The van der Waals surface area contributed by atoms with Crippen molar-refractivity contribution in [2.24, 2.45) is 5.73 Å². The second kappa shape index (κ2) is 6.40. The predicted molar refractivity (Wildman–Crippen MR) is 58.4 cm³/mol. The van der Waals surface area contributed by atoms with Crippen LogP contribution in [0.4, 0.5) is 0 Å². The van der Waals surface area contributed by atoms with Gasteiger partial charge in [0.05, 0.1) is 6.61 Å². The molecule has 0 aliphatic carbocycles. The number of nitrogens with one attached hydrogen (secondary N) is 1. The summed E-state index contributed by atoms with van der Waals surface area (Å²) in [5.41, 5.74) is 6.61. The molecule has 0 heterocycles. The molecule has 3 heteroatoms. The minimum atomic E-state index is 0.677. The monoisotopic (exact) mass is 194 g/mol. The van der Waals surface area contributed by atoms with Gasteiger partial charge in [0.25, 0.3) is 0 Å². The smallest absolute Gasteiger partial charge is 0.119 e. The zero-order valence-electron chi connectivity index (χ0n) is 8.62. The molecule has 0 atom stereocenters. The first-order valence-electron chi connectivity index (χ1n) is 4.93. The average molecular weight is 194 g/mol. The summed E-state index contributed by atoms with van der Waals surface area (Å²) >= 11 is 0. The number of hydrogen-bond donors (Lipinski definition) is 2. The van der Waals surface area contributed by atoms with E-state index in [1.165, 1.54) is 5.56 Å². The highest BCUT2D eigenvalue weighted by atomic mass is 16.5.